The third-order valence-electron chi connectivity index (χ3n) is 0.504. The smallest absolute Gasteiger partial charge is 0.273 e. The standard InChI is InChI=1S/C5H4.C2H7NO3S/c1-3-5-4-2;1-2-3-7(4,5)6/h1-2H2;3H,2H2,1H3,(H,4,5,6). The molecule has 12 heavy (non-hydrogen) atoms. The Morgan fingerprint density at radius 3 is 1.83 bits per heavy atom. The molecule has 68 valence electrons. The van der Waals surface area contributed by atoms with Crippen molar-refractivity contribution < 1.29 is 13.0 Å². The molecule has 0 heterocycles. The minimum absolute atomic E-state index is 0.221. The van der Waals surface area contributed by atoms with E-state index in [-0.39, 0.29) is 6.54 Å². The Labute approximate surface area is 72.5 Å². The first-order chi connectivity index (χ1) is 5.47. The lowest BCUT2D eigenvalue weighted by Crippen LogP contribution is -2.21. The summed E-state index contributed by atoms with van der Waals surface area (Å²) in [6.07, 6.45) is 0. The molecule has 0 aliphatic carbocycles. The van der Waals surface area contributed by atoms with E-state index in [0.717, 1.165) is 0 Å². The molecule has 0 unspecified atom stereocenters. The third kappa shape index (κ3) is 23.1. The van der Waals surface area contributed by atoms with Crippen molar-refractivity contribution in [2.75, 3.05) is 6.54 Å². The van der Waals surface area contributed by atoms with Gasteiger partial charge >= 0.3 is 10.3 Å². The monoisotopic (exact) mass is 189 g/mol. The molecule has 0 rings (SSSR count). The first-order valence-corrected chi connectivity index (χ1v) is 4.43. The summed E-state index contributed by atoms with van der Waals surface area (Å²) in [6.45, 7) is 8.22. The van der Waals surface area contributed by atoms with Crippen LogP contribution in [0.2, 0.25) is 0 Å². The lowest BCUT2D eigenvalue weighted by Gasteiger charge is -1.90. The molecule has 0 aliphatic heterocycles. The minimum atomic E-state index is -3.92. The van der Waals surface area contributed by atoms with Gasteiger partial charge in [-0.1, -0.05) is 18.4 Å². The molecule has 0 radical (unpaired) electrons. The topological polar surface area (TPSA) is 66.4 Å². The maximum Gasteiger partial charge on any atom is 0.333 e. The number of hydrogen-bond donors (Lipinski definition) is 2. The van der Waals surface area contributed by atoms with Gasteiger partial charge in [0, 0.05) is 6.54 Å². The zero-order valence-corrected chi connectivity index (χ0v) is 7.61. The number of rotatable bonds is 2. The van der Waals surface area contributed by atoms with Gasteiger partial charge in [0.1, 0.15) is 0 Å². The second-order valence-electron chi connectivity index (χ2n) is 1.45. The van der Waals surface area contributed by atoms with E-state index < -0.39 is 10.3 Å². The fourth-order valence-corrected chi connectivity index (χ4v) is 0.610. The van der Waals surface area contributed by atoms with Gasteiger partial charge < -0.3 is 0 Å². The van der Waals surface area contributed by atoms with Gasteiger partial charge in [0.15, 0.2) is 0 Å². The van der Waals surface area contributed by atoms with E-state index >= 15 is 0 Å². The molecule has 0 saturated heterocycles. The predicted octanol–water partition coefficient (Wildman–Crippen LogP) is 0.666. The zero-order valence-electron chi connectivity index (χ0n) is 6.79. The van der Waals surface area contributed by atoms with Gasteiger partial charge in [-0.05, 0) is 18.9 Å². The van der Waals surface area contributed by atoms with Gasteiger partial charge in [0.05, 0.1) is 0 Å². The van der Waals surface area contributed by atoms with Crippen LogP contribution < -0.4 is 4.72 Å². The molecule has 0 fully saturated rings. The molecular weight excluding hydrogens is 178 g/mol. The van der Waals surface area contributed by atoms with E-state index in [1.807, 2.05) is 4.72 Å². The van der Waals surface area contributed by atoms with Crippen LogP contribution in [0.5, 0.6) is 0 Å². The Morgan fingerprint density at radius 1 is 1.42 bits per heavy atom. The quantitative estimate of drug-likeness (QED) is 0.495. The highest BCUT2D eigenvalue weighted by atomic mass is 32.2. The molecule has 0 aromatic rings. The fourth-order valence-electron chi connectivity index (χ4n) is 0.245. The third-order valence-corrected chi connectivity index (χ3v) is 1.16. The zero-order chi connectivity index (χ0) is 10.0. The highest BCUT2D eigenvalue weighted by Crippen LogP contribution is 1.66. The fraction of sp³-hybridized carbons (Fsp3) is 0.286. The molecule has 0 spiro atoms. The van der Waals surface area contributed by atoms with Crippen molar-refractivity contribution >= 4 is 10.3 Å². The van der Waals surface area contributed by atoms with E-state index in [1.54, 1.807) is 6.92 Å². The molecule has 0 atom stereocenters. The van der Waals surface area contributed by atoms with Crippen LogP contribution in [-0.2, 0) is 10.3 Å². The van der Waals surface area contributed by atoms with E-state index in [4.69, 9.17) is 4.55 Å². The maximum atomic E-state index is 9.68. The summed E-state index contributed by atoms with van der Waals surface area (Å²) in [5.74, 6) is 0. The van der Waals surface area contributed by atoms with Crippen molar-refractivity contribution in [3.63, 3.8) is 0 Å². The van der Waals surface area contributed by atoms with Gasteiger partial charge in [0.25, 0.3) is 0 Å². The highest BCUT2D eigenvalue weighted by Gasteiger charge is 1.95. The first-order valence-electron chi connectivity index (χ1n) is 2.99. The van der Waals surface area contributed by atoms with Crippen molar-refractivity contribution in [2.45, 2.75) is 6.92 Å². The highest BCUT2D eigenvalue weighted by molar-refractivity contribution is 7.83. The van der Waals surface area contributed by atoms with E-state index in [2.05, 4.69) is 30.4 Å². The van der Waals surface area contributed by atoms with E-state index in [0.29, 0.717) is 0 Å². The molecule has 0 bridgehead atoms. The Morgan fingerprint density at radius 2 is 1.83 bits per heavy atom. The van der Waals surface area contributed by atoms with Crippen LogP contribution in [0.1, 0.15) is 6.92 Å². The predicted molar refractivity (Wildman–Crippen MR) is 47.0 cm³/mol. The van der Waals surface area contributed by atoms with Crippen molar-refractivity contribution in [1.82, 2.24) is 4.72 Å². The second kappa shape index (κ2) is 8.05. The molecule has 0 aromatic carbocycles. The molecule has 4 nitrogen and oxygen atoms in total. The van der Waals surface area contributed by atoms with Gasteiger partial charge in [-0.15, -0.1) is 0 Å². The van der Waals surface area contributed by atoms with E-state index in [1.165, 1.54) is 0 Å². The molecule has 0 aromatic heterocycles. The first kappa shape index (κ1) is 13.5. The summed E-state index contributed by atoms with van der Waals surface area (Å²) in [4.78, 5) is 0. The Hall–Kier alpha value is -1.05. The van der Waals surface area contributed by atoms with Gasteiger partial charge in [-0.25, -0.2) is 0 Å². The maximum absolute atomic E-state index is 9.68. The van der Waals surface area contributed by atoms with Crippen LogP contribution in [0, 0.1) is 0 Å². The SMILES string of the molecule is C=C=C=C=C.CCNS(=O)(=O)O. The summed E-state index contributed by atoms with van der Waals surface area (Å²) in [7, 11) is -3.92. The van der Waals surface area contributed by atoms with Crippen molar-refractivity contribution in [3.05, 3.63) is 30.4 Å². The Balaban J connectivity index is 0. The van der Waals surface area contributed by atoms with E-state index in [9.17, 15) is 8.42 Å². The largest absolute Gasteiger partial charge is 0.333 e. The molecule has 0 amide bonds. The number of nitrogens with one attached hydrogen (secondary N) is 1. The summed E-state index contributed by atoms with van der Waals surface area (Å²) in [5, 5.41) is 0. The van der Waals surface area contributed by atoms with Crippen molar-refractivity contribution in [2.24, 2.45) is 0 Å². The Bertz CT molecular complexity index is 290. The second-order valence-corrected chi connectivity index (χ2v) is 2.69. The van der Waals surface area contributed by atoms with Gasteiger partial charge in [-0.3, -0.25) is 4.55 Å². The van der Waals surface area contributed by atoms with Crippen LogP contribution in [0.3, 0.4) is 0 Å². The van der Waals surface area contributed by atoms with Crippen LogP contribution in [0.25, 0.3) is 0 Å². The molecule has 0 saturated carbocycles. The van der Waals surface area contributed by atoms with Gasteiger partial charge in [-0.2, -0.15) is 13.1 Å². The Kier molecular flexibility index (Phi) is 9.08. The lowest BCUT2D eigenvalue weighted by atomic mass is 10.8. The normalized spacial score (nSPS) is 8.17. The summed E-state index contributed by atoms with van der Waals surface area (Å²) < 4.78 is 29.0. The van der Waals surface area contributed by atoms with Crippen LogP contribution >= 0.6 is 0 Å². The van der Waals surface area contributed by atoms with Crippen LogP contribution in [0.15, 0.2) is 30.4 Å². The molecule has 2 N–H and O–H groups in total. The van der Waals surface area contributed by atoms with Crippen molar-refractivity contribution in [1.29, 1.82) is 0 Å². The van der Waals surface area contributed by atoms with Crippen molar-refractivity contribution in [3.8, 4) is 0 Å². The summed E-state index contributed by atoms with van der Waals surface area (Å²) >= 11 is 0. The van der Waals surface area contributed by atoms with Crippen LogP contribution in [0.4, 0.5) is 0 Å². The summed E-state index contributed by atoms with van der Waals surface area (Å²) in [5.41, 5.74) is 7.08. The number of hydrogen-bond acceptors (Lipinski definition) is 2. The molecule has 0 aliphatic rings. The minimum Gasteiger partial charge on any atom is -0.273 e. The average molecular weight is 189 g/mol. The van der Waals surface area contributed by atoms with Gasteiger partial charge in [0.2, 0.25) is 0 Å². The summed E-state index contributed by atoms with van der Waals surface area (Å²) in [6, 6.07) is 0. The molecular formula is C7H11NO3S. The lowest BCUT2D eigenvalue weighted by molar-refractivity contribution is 0.469. The van der Waals surface area contributed by atoms with Crippen LogP contribution in [-0.4, -0.2) is 19.5 Å². The molecule has 5 heteroatoms. The average Bonchev–Trinajstić information content (AvgIpc) is 1.87.